The number of aromatic hydroxyl groups is 1. The Morgan fingerprint density at radius 2 is 1.70 bits per heavy atom. The van der Waals surface area contributed by atoms with E-state index in [2.05, 4.69) is 16.7 Å². The van der Waals surface area contributed by atoms with Crippen LogP contribution in [0, 0.1) is 20.8 Å². The molecule has 3 aromatic rings. The predicted octanol–water partition coefficient (Wildman–Crippen LogP) is 4.02. The number of nitrogens with zero attached hydrogens (tertiary/aromatic N) is 1. The van der Waals surface area contributed by atoms with E-state index < -0.39 is 23.6 Å². The van der Waals surface area contributed by atoms with Crippen LogP contribution >= 0.6 is 0 Å². The molecule has 8 nitrogen and oxygen atoms in total. The fraction of sp³-hybridized carbons (Fsp3) is 0.240. The maximum Gasteiger partial charge on any atom is 0.319 e. The van der Waals surface area contributed by atoms with Gasteiger partial charge in [0.25, 0.3) is 5.56 Å². The molecule has 2 aromatic carbocycles. The quantitative estimate of drug-likeness (QED) is 0.453. The second-order valence-corrected chi connectivity index (χ2v) is 8.13. The van der Waals surface area contributed by atoms with Crippen LogP contribution in [-0.4, -0.2) is 26.8 Å². The fourth-order valence-corrected chi connectivity index (χ4v) is 3.59. The number of benzene rings is 2. The third-order valence-electron chi connectivity index (χ3n) is 5.58. The van der Waals surface area contributed by atoms with Crippen molar-refractivity contribution >= 4 is 17.7 Å². The number of nitrogens with one attached hydrogen (secondary N) is 2. The number of anilines is 1. The average Bonchev–Trinajstić information content (AvgIpc) is 2.76. The van der Waals surface area contributed by atoms with Gasteiger partial charge in [-0.05, 0) is 54.7 Å². The molecule has 33 heavy (non-hydrogen) atoms. The van der Waals surface area contributed by atoms with Crippen molar-refractivity contribution in [3.63, 3.8) is 0 Å². The Kier molecular flexibility index (Phi) is 6.86. The number of hydrogen-bond donors (Lipinski definition) is 4. The number of aliphatic carboxylic acids is 1. The maximum absolute atomic E-state index is 12.7. The van der Waals surface area contributed by atoms with Gasteiger partial charge in [-0.3, -0.25) is 9.59 Å². The lowest BCUT2D eigenvalue weighted by Gasteiger charge is -2.19. The second-order valence-electron chi connectivity index (χ2n) is 8.13. The highest BCUT2D eigenvalue weighted by Gasteiger charge is 2.21. The summed E-state index contributed by atoms with van der Waals surface area (Å²) in [5, 5.41) is 24.6. The lowest BCUT2D eigenvalue weighted by atomic mass is 9.96. The van der Waals surface area contributed by atoms with E-state index >= 15 is 0 Å². The first-order valence-electron chi connectivity index (χ1n) is 10.4. The van der Waals surface area contributed by atoms with Crippen molar-refractivity contribution in [3.8, 4) is 16.9 Å². The maximum atomic E-state index is 12.7. The third-order valence-corrected chi connectivity index (χ3v) is 5.58. The number of hydrogen-bond acceptors (Lipinski definition) is 4. The first kappa shape index (κ1) is 23.6. The third kappa shape index (κ3) is 5.41. The van der Waals surface area contributed by atoms with Crippen molar-refractivity contribution in [2.75, 3.05) is 5.32 Å². The van der Waals surface area contributed by atoms with Crippen molar-refractivity contribution in [1.82, 2.24) is 9.88 Å². The van der Waals surface area contributed by atoms with Crippen LogP contribution in [0.1, 0.15) is 34.7 Å². The van der Waals surface area contributed by atoms with Gasteiger partial charge < -0.3 is 25.4 Å². The van der Waals surface area contributed by atoms with E-state index in [1.54, 1.807) is 19.1 Å². The summed E-state index contributed by atoms with van der Waals surface area (Å²) >= 11 is 0. The minimum atomic E-state index is -1.09. The molecule has 0 aliphatic carbocycles. The van der Waals surface area contributed by atoms with Crippen LogP contribution in [0.2, 0.25) is 0 Å². The zero-order valence-corrected chi connectivity index (χ0v) is 19.0. The Labute approximate surface area is 191 Å². The van der Waals surface area contributed by atoms with E-state index in [-0.39, 0.29) is 17.9 Å². The first-order valence-corrected chi connectivity index (χ1v) is 10.4. The zero-order chi connectivity index (χ0) is 24.3. The normalized spacial score (nSPS) is 11.6. The first-order chi connectivity index (χ1) is 15.6. The van der Waals surface area contributed by atoms with Crippen LogP contribution in [-0.2, 0) is 11.8 Å². The van der Waals surface area contributed by atoms with Crippen molar-refractivity contribution in [1.29, 1.82) is 0 Å². The molecule has 2 amide bonds. The Balaban J connectivity index is 1.89. The Morgan fingerprint density at radius 3 is 2.36 bits per heavy atom. The molecule has 0 unspecified atom stereocenters. The molecule has 0 saturated carbocycles. The summed E-state index contributed by atoms with van der Waals surface area (Å²) in [4.78, 5) is 36.5. The van der Waals surface area contributed by atoms with E-state index in [1.807, 2.05) is 38.1 Å². The summed E-state index contributed by atoms with van der Waals surface area (Å²) in [7, 11) is 1.50. The smallest absolute Gasteiger partial charge is 0.319 e. The molecule has 0 fully saturated rings. The number of carbonyl (C=O) groups excluding carboxylic acids is 1. The monoisotopic (exact) mass is 449 g/mol. The second kappa shape index (κ2) is 9.60. The standard InChI is InChI=1S/C25H27N3O5/c1-14-8-9-18(10-15(14)2)17-6-5-7-19(11-17)20(12-21(29)30)26-25(33)27-22-23(31)16(3)13-28(4)24(22)32/h5-11,13,20,31H,12H2,1-4H3,(H,29,30)(H2,26,27,33)/t20-/m0/s1. The van der Waals surface area contributed by atoms with Crippen LogP contribution in [0.3, 0.4) is 0 Å². The fourth-order valence-electron chi connectivity index (χ4n) is 3.59. The molecule has 0 bridgehead atoms. The number of pyridine rings is 1. The van der Waals surface area contributed by atoms with Crippen LogP contribution < -0.4 is 16.2 Å². The largest absolute Gasteiger partial charge is 0.505 e. The summed E-state index contributed by atoms with van der Waals surface area (Å²) in [6.45, 7) is 5.65. The summed E-state index contributed by atoms with van der Waals surface area (Å²) < 4.78 is 1.24. The van der Waals surface area contributed by atoms with Gasteiger partial charge in [-0.15, -0.1) is 0 Å². The zero-order valence-electron chi connectivity index (χ0n) is 19.0. The molecule has 0 aliphatic rings. The van der Waals surface area contributed by atoms with Crippen molar-refractivity contribution in [2.24, 2.45) is 7.05 Å². The number of carboxylic acid groups (broad SMARTS) is 1. The molecule has 3 rings (SSSR count). The Bertz CT molecular complexity index is 1280. The minimum absolute atomic E-state index is 0.270. The topological polar surface area (TPSA) is 121 Å². The summed E-state index contributed by atoms with van der Waals surface area (Å²) in [5.41, 5.74) is 4.33. The van der Waals surface area contributed by atoms with Gasteiger partial charge in [0.05, 0.1) is 12.5 Å². The molecular weight excluding hydrogens is 422 g/mol. The highest BCUT2D eigenvalue weighted by atomic mass is 16.4. The van der Waals surface area contributed by atoms with Crippen LogP contribution in [0.4, 0.5) is 10.5 Å². The molecule has 0 aliphatic heterocycles. The van der Waals surface area contributed by atoms with Crippen molar-refractivity contribution < 1.29 is 19.8 Å². The van der Waals surface area contributed by atoms with E-state index in [0.29, 0.717) is 11.1 Å². The van der Waals surface area contributed by atoms with E-state index in [4.69, 9.17) is 0 Å². The number of aryl methyl sites for hydroxylation is 4. The van der Waals surface area contributed by atoms with Gasteiger partial charge in [-0.25, -0.2) is 4.79 Å². The number of urea groups is 1. The van der Waals surface area contributed by atoms with Crippen molar-refractivity contribution in [3.05, 3.63) is 81.3 Å². The lowest BCUT2D eigenvalue weighted by Crippen LogP contribution is -2.36. The summed E-state index contributed by atoms with van der Waals surface area (Å²) in [6, 6.07) is 11.7. The van der Waals surface area contributed by atoms with E-state index in [1.165, 1.54) is 23.4 Å². The van der Waals surface area contributed by atoms with Gasteiger partial charge in [0.15, 0.2) is 5.69 Å². The molecule has 1 heterocycles. The van der Waals surface area contributed by atoms with E-state index in [9.17, 15) is 24.6 Å². The molecule has 8 heteroatoms. The number of carboxylic acids is 1. The van der Waals surface area contributed by atoms with Gasteiger partial charge in [-0.1, -0.05) is 36.4 Å². The summed E-state index contributed by atoms with van der Waals surface area (Å²) in [6.07, 6.45) is 1.09. The molecular formula is C25H27N3O5. The average molecular weight is 450 g/mol. The van der Waals surface area contributed by atoms with Gasteiger partial charge in [0.2, 0.25) is 0 Å². The van der Waals surface area contributed by atoms with Gasteiger partial charge in [0, 0.05) is 18.8 Å². The number of carbonyl (C=O) groups is 2. The molecule has 0 saturated heterocycles. The summed E-state index contributed by atoms with van der Waals surface area (Å²) in [5.74, 6) is -1.43. The van der Waals surface area contributed by atoms with Gasteiger partial charge >= 0.3 is 12.0 Å². The van der Waals surface area contributed by atoms with Crippen LogP contribution in [0.5, 0.6) is 5.75 Å². The Hall–Kier alpha value is -4.07. The number of amides is 2. The Morgan fingerprint density at radius 1 is 1.00 bits per heavy atom. The lowest BCUT2D eigenvalue weighted by molar-refractivity contribution is -0.137. The molecule has 1 atom stereocenters. The molecule has 4 N–H and O–H groups in total. The van der Waals surface area contributed by atoms with Crippen LogP contribution in [0.25, 0.3) is 11.1 Å². The van der Waals surface area contributed by atoms with E-state index in [0.717, 1.165) is 16.7 Å². The number of rotatable bonds is 6. The molecule has 0 spiro atoms. The van der Waals surface area contributed by atoms with Gasteiger partial charge in [-0.2, -0.15) is 0 Å². The van der Waals surface area contributed by atoms with Crippen molar-refractivity contribution in [2.45, 2.75) is 33.2 Å². The highest BCUT2D eigenvalue weighted by molar-refractivity contribution is 5.91. The molecule has 0 radical (unpaired) electrons. The predicted molar refractivity (Wildman–Crippen MR) is 127 cm³/mol. The highest BCUT2D eigenvalue weighted by Crippen LogP contribution is 2.27. The van der Waals surface area contributed by atoms with Crippen LogP contribution in [0.15, 0.2) is 53.5 Å². The van der Waals surface area contributed by atoms with Gasteiger partial charge in [0.1, 0.15) is 5.75 Å². The minimum Gasteiger partial charge on any atom is -0.505 e. The number of aromatic nitrogens is 1. The SMILES string of the molecule is Cc1ccc(-c2cccc([C@H](CC(=O)O)NC(=O)Nc3c(O)c(C)cn(C)c3=O)c2)cc1C. The molecule has 1 aromatic heterocycles. The molecule has 172 valence electrons.